The lowest BCUT2D eigenvalue weighted by Gasteiger charge is -2.28. The molecule has 1 atom stereocenters. The van der Waals surface area contributed by atoms with E-state index in [0.29, 0.717) is 11.1 Å². The monoisotopic (exact) mass is 331 g/mol. The van der Waals surface area contributed by atoms with Gasteiger partial charge in [0.1, 0.15) is 11.4 Å². The molecule has 1 aliphatic carbocycles. The second-order valence-corrected chi connectivity index (χ2v) is 6.74. The second kappa shape index (κ2) is 5.12. The van der Waals surface area contributed by atoms with Crippen LogP contribution >= 0.6 is 0 Å². The summed E-state index contributed by atoms with van der Waals surface area (Å²) in [7, 11) is 0. The van der Waals surface area contributed by atoms with Crippen molar-refractivity contribution in [1.29, 1.82) is 0 Å². The maximum absolute atomic E-state index is 14.8. The van der Waals surface area contributed by atoms with Crippen LogP contribution in [0.4, 0.5) is 4.39 Å². The van der Waals surface area contributed by atoms with E-state index in [0.717, 1.165) is 38.4 Å². The molecule has 0 amide bonds. The number of rotatable bonds is 3. The molecule has 1 saturated carbocycles. The number of nitrogens with two attached hydrogens (primary N) is 1. The average molecular weight is 331 g/mol. The molecule has 6 nitrogen and oxygen atoms in total. The Bertz CT molecular complexity index is 904. The fourth-order valence-corrected chi connectivity index (χ4v) is 3.81. The highest BCUT2D eigenvalue weighted by Crippen LogP contribution is 2.53. The third kappa shape index (κ3) is 2.16. The van der Waals surface area contributed by atoms with Crippen LogP contribution in [0.25, 0.3) is 10.9 Å². The normalized spacial score (nSPS) is 22.8. The van der Waals surface area contributed by atoms with Crippen molar-refractivity contribution in [3.05, 3.63) is 45.5 Å². The molecule has 0 radical (unpaired) electrons. The van der Waals surface area contributed by atoms with E-state index < -0.39 is 17.2 Å². The van der Waals surface area contributed by atoms with E-state index in [9.17, 15) is 14.0 Å². The Kier molecular flexibility index (Phi) is 3.26. The number of nitrogens with zero attached hydrogens (tertiary/aromatic N) is 1. The Hall–Kier alpha value is -2.25. The summed E-state index contributed by atoms with van der Waals surface area (Å²) in [5.74, 6) is -1.79. The Morgan fingerprint density at radius 3 is 2.75 bits per heavy atom. The quantitative estimate of drug-likeness (QED) is 0.789. The third-order valence-electron chi connectivity index (χ3n) is 5.25. The third-order valence-corrected chi connectivity index (χ3v) is 5.25. The number of hydrogen-bond acceptors (Lipinski definition) is 4. The number of benzene rings is 1. The molecule has 2 aliphatic rings. The van der Waals surface area contributed by atoms with Gasteiger partial charge in [-0.25, -0.2) is 9.18 Å². The van der Waals surface area contributed by atoms with Crippen molar-refractivity contribution in [3.63, 3.8) is 0 Å². The van der Waals surface area contributed by atoms with Gasteiger partial charge in [0.15, 0.2) is 0 Å². The Balaban J connectivity index is 1.83. The van der Waals surface area contributed by atoms with Gasteiger partial charge in [0.2, 0.25) is 5.43 Å². The first kappa shape index (κ1) is 15.3. The zero-order valence-electron chi connectivity index (χ0n) is 13.0. The van der Waals surface area contributed by atoms with Crippen molar-refractivity contribution in [1.82, 2.24) is 9.88 Å². The van der Waals surface area contributed by atoms with E-state index in [2.05, 4.69) is 9.88 Å². The largest absolute Gasteiger partial charge is 0.477 e. The molecule has 1 aromatic heterocycles. The van der Waals surface area contributed by atoms with Crippen molar-refractivity contribution in [2.75, 3.05) is 13.1 Å². The maximum Gasteiger partial charge on any atom is 0.341 e. The van der Waals surface area contributed by atoms with E-state index in [1.165, 1.54) is 6.20 Å². The number of carboxylic acid groups (broad SMARTS) is 1. The molecule has 1 saturated heterocycles. The number of halogens is 1. The minimum absolute atomic E-state index is 0.0603. The van der Waals surface area contributed by atoms with Gasteiger partial charge < -0.3 is 15.8 Å². The summed E-state index contributed by atoms with van der Waals surface area (Å²) in [5.41, 5.74) is 5.60. The van der Waals surface area contributed by atoms with Gasteiger partial charge >= 0.3 is 5.97 Å². The second-order valence-electron chi connectivity index (χ2n) is 6.74. The van der Waals surface area contributed by atoms with Crippen LogP contribution in [0.15, 0.2) is 23.1 Å². The van der Waals surface area contributed by atoms with Crippen molar-refractivity contribution in [2.45, 2.75) is 30.8 Å². The lowest BCUT2D eigenvalue weighted by atomic mass is 9.99. The maximum atomic E-state index is 14.8. The van der Waals surface area contributed by atoms with Crippen molar-refractivity contribution in [2.24, 2.45) is 5.73 Å². The number of aromatic nitrogens is 1. The highest BCUT2D eigenvalue weighted by Gasteiger charge is 2.52. The van der Waals surface area contributed by atoms with Gasteiger partial charge in [-0.3, -0.25) is 9.69 Å². The molecule has 2 fully saturated rings. The summed E-state index contributed by atoms with van der Waals surface area (Å²) in [6, 6.07) is 2.92. The van der Waals surface area contributed by atoms with Crippen molar-refractivity contribution in [3.8, 4) is 0 Å². The summed E-state index contributed by atoms with van der Waals surface area (Å²) in [6.45, 7) is 1.58. The molecule has 1 aliphatic heterocycles. The molecule has 24 heavy (non-hydrogen) atoms. The van der Waals surface area contributed by atoms with E-state index in [-0.39, 0.29) is 22.5 Å². The van der Waals surface area contributed by atoms with Crippen molar-refractivity contribution >= 4 is 16.9 Å². The molecule has 0 bridgehead atoms. The zero-order valence-corrected chi connectivity index (χ0v) is 13.0. The molecule has 7 heteroatoms. The minimum Gasteiger partial charge on any atom is -0.477 e. The van der Waals surface area contributed by atoms with E-state index in [1.54, 1.807) is 6.07 Å². The highest BCUT2D eigenvalue weighted by atomic mass is 19.1. The van der Waals surface area contributed by atoms with Crippen LogP contribution in [-0.2, 0) is 5.54 Å². The molecular formula is C17H18FN3O3. The number of nitrogens with one attached hydrogen (secondary N) is 1. The molecule has 2 aromatic rings. The summed E-state index contributed by atoms with van der Waals surface area (Å²) in [4.78, 5) is 28.3. The minimum atomic E-state index is -1.33. The van der Waals surface area contributed by atoms with Crippen LogP contribution in [0, 0.1) is 5.82 Å². The van der Waals surface area contributed by atoms with Gasteiger partial charge in [-0.2, -0.15) is 0 Å². The predicted molar refractivity (Wildman–Crippen MR) is 86.6 cm³/mol. The summed E-state index contributed by atoms with van der Waals surface area (Å²) in [6.07, 6.45) is 3.79. The van der Waals surface area contributed by atoms with Crippen LogP contribution in [0.5, 0.6) is 0 Å². The van der Waals surface area contributed by atoms with Gasteiger partial charge in [-0.15, -0.1) is 0 Å². The smallest absolute Gasteiger partial charge is 0.341 e. The number of aromatic carboxylic acids is 1. The number of fused-ring (bicyclic) bond motifs is 1. The lowest BCUT2D eigenvalue weighted by molar-refractivity contribution is 0.0695. The highest BCUT2D eigenvalue weighted by molar-refractivity contribution is 5.92. The van der Waals surface area contributed by atoms with Crippen LogP contribution < -0.4 is 11.2 Å². The number of carbonyl (C=O) groups is 1. The summed E-state index contributed by atoms with van der Waals surface area (Å²) < 4.78 is 14.8. The number of hydrogen-bond donors (Lipinski definition) is 3. The zero-order chi connectivity index (χ0) is 17.1. The number of aromatic amines is 1. The number of H-pyrrole nitrogens is 1. The van der Waals surface area contributed by atoms with Gasteiger partial charge in [0.05, 0.1) is 0 Å². The van der Waals surface area contributed by atoms with Gasteiger partial charge in [-0.05, 0) is 31.4 Å². The topological polar surface area (TPSA) is 99.4 Å². The first-order chi connectivity index (χ1) is 11.4. The molecule has 2 heterocycles. The fraction of sp³-hybridized carbons (Fsp3) is 0.412. The fourth-order valence-electron chi connectivity index (χ4n) is 3.81. The Morgan fingerprint density at radius 1 is 1.42 bits per heavy atom. The molecule has 1 aromatic carbocycles. The summed E-state index contributed by atoms with van der Waals surface area (Å²) >= 11 is 0. The first-order valence-electron chi connectivity index (χ1n) is 8.02. The van der Waals surface area contributed by atoms with Gasteiger partial charge in [-0.1, -0.05) is 0 Å². The lowest BCUT2D eigenvalue weighted by Crippen LogP contribution is -2.36. The van der Waals surface area contributed by atoms with Crippen LogP contribution in [0.2, 0.25) is 0 Å². The molecule has 126 valence electrons. The Morgan fingerprint density at radius 2 is 2.17 bits per heavy atom. The van der Waals surface area contributed by atoms with Gasteiger partial charge in [0, 0.05) is 47.3 Å². The van der Waals surface area contributed by atoms with E-state index >= 15 is 0 Å². The SMILES string of the molecule is NC1CCN(C2(c3cc4[nH]cc(C(=O)O)c(=O)c4cc3F)CC2)C1. The molecule has 4 N–H and O–H groups in total. The molecule has 1 unspecified atom stereocenters. The number of pyridine rings is 1. The average Bonchev–Trinajstić information content (AvgIpc) is 3.22. The predicted octanol–water partition coefficient (Wildman–Crippen LogP) is 1.39. The molecular weight excluding hydrogens is 313 g/mol. The van der Waals surface area contributed by atoms with Crippen LogP contribution in [0.3, 0.4) is 0 Å². The van der Waals surface area contributed by atoms with Crippen LogP contribution in [-0.4, -0.2) is 40.1 Å². The first-order valence-corrected chi connectivity index (χ1v) is 8.02. The van der Waals surface area contributed by atoms with Crippen molar-refractivity contribution < 1.29 is 14.3 Å². The number of carboxylic acids is 1. The molecule has 0 spiro atoms. The standard InChI is InChI=1S/C17H18FN3O3/c18-13-5-10-14(20-7-11(15(10)22)16(23)24)6-12(13)17(2-3-17)21-4-1-9(19)8-21/h5-7,9H,1-4,8,19H2,(H,20,22)(H,23,24). The van der Waals surface area contributed by atoms with Crippen LogP contribution in [0.1, 0.15) is 35.2 Å². The van der Waals surface area contributed by atoms with E-state index in [1.807, 2.05) is 0 Å². The Labute approximate surface area is 137 Å². The summed E-state index contributed by atoms with van der Waals surface area (Å²) in [5, 5.41) is 9.08. The number of likely N-dealkylation sites (tertiary alicyclic amines) is 1. The van der Waals surface area contributed by atoms with Gasteiger partial charge in [0.25, 0.3) is 0 Å². The van der Waals surface area contributed by atoms with E-state index in [4.69, 9.17) is 10.8 Å². The molecule has 4 rings (SSSR count).